The van der Waals surface area contributed by atoms with Crippen molar-refractivity contribution in [3.05, 3.63) is 6.20 Å². The van der Waals surface area contributed by atoms with Gasteiger partial charge in [-0.3, -0.25) is 4.68 Å². The number of aliphatic hydroxyl groups is 1. The van der Waals surface area contributed by atoms with Crippen molar-refractivity contribution in [1.82, 2.24) is 14.1 Å². The molecule has 7 nitrogen and oxygen atoms in total. The van der Waals surface area contributed by atoms with E-state index in [2.05, 4.69) is 5.10 Å². The van der Waals surface area contributed by atoms with E-state index < -0.39 is 15.6 Å². The van der Waals surface area contributed by atoms with Crippen LogP contribution in [0.15, 0.2) is 11.1 Å². The highest BCUT2D eigenvalue weighted by atomic mass is 32.2. The lowest BCUT2D eigenvalue weighted by Crippen LogP contribution is -2.48. The van der Waals surface area contributed by atoms with Crippen LogP contribution >= 0.6 is 0 Å². The number of nitrogen functional groups attached to an aromatic ring is 1. The normalized spacial score (nSPS) is 26.4. The van der Waals surface area contributed by atoms with Crippen molar-refractivity contribution in [2.75, 3.05) is 18.8 Å². The van der Waals surface area contributed by atoms with Crippen LogP contribution in [-0.2, 0) is 17.1 Å². The van der Waals surface area contributed by atoms with Crippen LogP contribution < -0.4 is 5.73 Å². The van der Waals surface area contributed by atoms with Gasteiger partial charge < -0.3 is 10.8 Å². The van der Waals surface area contributed by atoms with Crippen molar-refractivity contribution in [2.45, 2.75) is 30.3 Å². The first-order valence-corrected chi connectivity index (χ1v) is 7.18. The molecular formula is C10H18N4O3S. The van der Waals surface area contributed by atoms with Crippen molar-refractivity contribution in [3.8, 4) is 0 Å². The van der Waals surface area contributed by atoms with Crippen LogP contribution in [0.25, 0.3) is 0 Å². The maximum Gasteiger partial charge on any atom is 0.248 e. The lowest BCUT2D eigenvalue weighted by Gasteiger charge is -2.35. The summed E-state index contributed by atoms with van der Waals surface area (Å²) in [6, 6.07) is 0. The van der Waals surface area contributed by atoms with Gasteiger partial charge in [-0.2, -0.15) is 9.40 Å². The van der Waals surface area contributed by atoms with E-state index in [1.807, 2.05) is 0 Å². The van der Waals surface area contributed by atoms with Crippen LogP contribution in [0.3, 0.4) is 0 Å². The van der Waals surface area contributed by atoms with Crippen molar-refractivity contribution in [3.63, 3.8) is 0 Å². The van der Waals surface area contributed by atoms with Crippen molar-refractivity contribution in [1.29, 1.82) is 0 Å². The van der Waals surface area contributed by atoms with E-state index in [1.165, 1.54) is 15.2 Å². The number of anilines is 1. The molecule has 1 aromatic rings. The zero-order valence-electron chi connectivity index (χ0n) is 10.5. The third-order valence-electron chi connectivity index (χ3n) is 3.08. The van der Waals surface area contributed by atoms with Crippen molar-refractivity contribution < 1.29 is 13.5 Å². The van der Waals surface area contributed by atoms with Crippen LogP contribution in [0.5, 0.6) is 0 Å². The van der Waals surface area contributed by atoms with Gasteiger partial charge in [0.2, 0.25) is 10.0 Å². The Bertz CT molecular complexity index is 549. The minimum atomic E-state index is -3.68. The number of hydrogen-bond acceptors (Lipinski definition) is 5. The molecule has 0 aromatic carbocycles. The molecule has 0 amide bonds. The minimum Gasteiger partial charge on any atom is -0.389 e. The molecule has 0 bridgehead atoms. The molecule has 1 aliphatic rings. The van der Waals surface area contributed by atoms with E-state index in [0.29, 0.717) is 19.4 Å². The van der Waals surface area contributed by atoms with Crippen molar-refractivity contribution >= 4 is 15.8 Å². The Labute approximate surface area is 106 Å². The number of rotatable bonds is 2. The van der Waals surface area contributed by atoms with Gasteiger partial charge in [-0.25, -0.2) is 8.42 Å². The summed E-state index contributed by atoms with van der Waals surface area (Å²) in [7, 11) is -2.07. The van der Waals surface area contributed by atoms with Gasteiger partial charge >= 0.3 is 0 Å². The molecule has 1 fully saturated rings. The maximum atomic E-state index is 12.4. The van der Waals surface area contributed by atoms with Gasteiger partial charge in [-0.15, -0.1) is 0 Å². The van der Waals surface area contributed by atoms with Gasteiger partial charge in [0, 0.05) is 26.3 Å². The largest absolute Gasteiger partial charge is 0.389 e. The summed E-state index contributed by atoms with van der Waals surface area (Å²) in [4.78, 5) is 0.00250. The number of aromatic nitrogens is 2. The van der Waals surface area contributed by atoms with E-state index >= 15 is 0 Å². The average Bonchev–Trinajstić information content (AvgIpc) is 2.57. The summed E-state index contributed by atoms with van der Waals surface area (Å²) in [5.41, 5.74) is 4.62. The summed E-state index contributed by atoms with van der Waals surface area (Å²) in [5, 5.41) is 13.8. The quantitative estimate of drug-likeness (QED) is 0.759. The first-order chi connectivity index (χ1) is 8.22. The molecule has 1 atom stereocenters. The molecule has 0 saturated carbocycles. The van der Waals surface area contributed by atoms with E-state index in [4.69, 9.17) is 5.73 Å². The summed E-state index contributed by atoms with van der Waals surface area (Å²) in [5.74, 6) is -0.0114. The molecule has 2 heterocycles. The molecule has 8 heteroatoms. The average molecular weight is 274 g/mol. The minimum absolute atomic E-state index is 0.00250. The fourth-order valence-corrected chi connectivity index (χ4v) is 3.89. The van der Waals surface area contributed by atoms with E-state index in [-0.39, 0.29) is 17.3 Å². The third kappa shape index (κ3) is 2.36. The third-order valence-corrected chi connectivity index (χ3v) is 4.94. The standard InChI is InChI=1S/C10H18N4O3S/c1-10(15)4-3-5-14(7-10)18(16,17)8-6-13(2)12-9(8)11/h6,15H,3-5,7H2,1-2H3,(H2,11,12). The molecular weight excluding hydrogens is 256 g/mol. The molecule has 2 rings (SSSR count). The van der Waals surface area contributed by atoms with Gasteiger partial charge in [0.1, 0.15) is 4.90 Å². The Balaban J connectivity index is 2.34. The van der Waals surface area contributed by atoms with Crippen LogP contribution in [0.2, 0.25) is 0 Å². The maximum absolute atomic E-state index is 12.4. The summed E-state index contributed by atoms with van der Waals surface area (Å²) < 4.78 is 27.4. The Morgan fingerprint density at radius 3 is 2.72 bits per heavy atom. The molecule has 18 heavy (non-hydrogen) atoms. The van der Waals surface area contributed by atoms with Gasteiger partial charge in [-0.1, -0.05) is 0 Å². The van der Waals surface area contributed by atoms with E-state index in [1.54, 1.807) is 14.0 Å². The topological polar surface area (TPSA) is 101 Å². The van der Waals surface area contributed by atoms with Crippen LogP contribution in [0.4, 0.5) is 5.82 Å². The lowest BCUT2D eigenvalue weighted by atomic mass is 9.97. The monoisotopic (exact) mass is 274 g/mol. The number of aryl methyl sites for hydroxylation is 1. The fraction of sp³-hybridized carbons (Fsp3) is 0.700. The molecule has 0 spiro atoms. The van der Waals surface area contributed by atoms with Gasteiger partial charge in [0.25, 0.3) is 0 Å². The zero-order valence-corrected chi connectivity index (χ0v) is 11.3. The number of nitrogens with zero attached hydrogens (tertiary/aromatic N) is 3. The van der Waals surface area contributed by atoms with Gasteiger partial charge in [-0.05, 0) is 19.8 Å². The predicted molar refractivity (Wildman–Crippen MR) is 66.2 cm³/mol. The molecule has 0 radical (unpaired) electrons. The van der Waals surface area contributed by atoms with Gasteiger partial charge in [0.15, 0.2) is 5.82 Å². The number of nitrogens with two attached hydrogens (primary N) is 1. The van der Waals surface area contributed by atoms with E-state index in [9.17, 15) is 13.5 Å². The highest BCUT2D eigenvalue weighted by Gasteiger charge is 2.37. The predicted octanol–water partition coefficient (Wildman–Crippen LogP) is -0.462. The Hall–Kier alpha value is -1.12. The summed E-state index contributed by atoms with van der Waals surface area (Å²) in [6.07, 6.45) is 2.61. The smallest absolute Gasteiger partial charge is 0.248 e. The van der Waals surface area contributed by atoms with Crippen LogP contribution in [0, 0.1) is 0 Å². The second-order valence-corrected chi connectivity index (χ2v) is 6.90. The number of piperidine rings is 1. The highest BCUT2D eigenvalue weighted by Crippen LogP contribution is 2.27. The SMILES string of the molecule is Cn1cc(S(=O)(=O)N2CCCC(C)(O)C2)c(N)n1. The number of hydrogen-bond donors (Lipinski definition) is 2. The zero-order chi connectivity index (χ0) is 13.6. The van der Waals surface area contributed by atoms with Crippen molar-refractivity contribution in [2.24, 2.45) is 7.05 Å². The van der Waals surface area contributed by atoms with Crippen LogP contribution in [0.1, 0.15) is 19.8 Å². The molecule has 1 aliphatic heterocycles. The molecule has 102 valence electrons. The second-order valence-electron chi connectivity index (χ2n) is 4.99. The molecule has 3 N–H and O–H groups in total. The lowest BCUT2D eigenvalue weighted by molar-refractivity contribution is 0.00941. The second kappa shape index (κ2) is 4.22. The summed E-state index contributed by atoms with van der Waals surface area (Å²) >= 11 is 0. The Morgan fingerprint density at radius 2 is 2.22 bits per heavy atom. The molecule has 1 saturated heterocycles. The molecule has 1 aromatic heterocycles. The first-order valence-electron chi connectivity index (χ1n) is 5.74. The number of sulfonamides is 1. The Morgan fingerprint density at radius 1 is 1.56 bits per heavy atom. The summed E-state index contributed by atoms with van der Waals surface area (Å²) in [6.45, 7) is 2.12. The number of β-amino-alcohol motifs (C(OH)–C–C–N with tert-alkyl or cyclic N) is 1. The highest BCUT2D eigenvalue weighted by molar-refractivity contribution is 7.89. The molecule has 1 unspecified atom stereocenters. The Kier molecular flexibility index (Phi) is 3.12. The van der Waals surface area contributed by atoms with E-state index in [0.717, 1.165) is 0 Å². The van der Waals surface area contributed by atoms with Crippen LogP contribution in [-0.4, -0.2) is 46.3 Å². The van der Waals surface area contributed by atoms with Gasteiger partial charge in [0.05, 0.1) is 5.60 Å². The fourth-order valence-electron chi connectivity index (χ4n) is 2.20. The first kappa shape index (κ1) is 13.3. The molecule has 0 aliphatic carbocycles.